The molecule has 0 saturated carbocycles. The van der Waals surface area contributed by atoms with Crippen LogP contribution in [0.15, 0.2) is 42.5 Å². The lowest BCUT2D eigenvalue weighted by Gasteiger charge is -2.36. The Morgan fingerprint density at radius 2 is 1.65 bits per heavy atom. The number of benzene rings is 2. The smallest absolute Gasteiger partial charge is 0.254 e. The summed E-state index contributed by atoms with van der Waals surface area (Å²) < 4.78 is 26.3. The minimum Gasteiger partial charge on any atom is -0.368 e. The average Bonchev–Trinajstić information content (AvgIpc) is 2.57. The highest BCUT2D eigenvalue weighted by Crippen LogP contribution is 2.21. The first-order chi connectivity index (χ1) is 11.1. The molecule has 0 aromatic heterocycles. The summed E-state index contributed by atoms with van der Waals surface area (Å²) in [5.41, 5.74) is 2.56. The second-order valence-corrected chi connectivity index (χ2v) is 5.69. The SMILES string of the molecule is Cc1ccccc1N1CCN(C(=O)c2ccc(F)c(F)c2)CC1. The van der Waals surface area contributed by atoms with Crippen molar-refractivity contribution in [2.24, 2.45) is 0 Å². The van der Waals surface area contributed by atoms with E-state index >= 15 is 0 Å². The van der Waals surface area contributed by atoms with Gasteiger partial charge in [0.25, 0.3) is 5.91 Å². The van der Waals surface area contributed by atoms with E-state index in [4.69, 9.17) is 0 Å². The number of rotatable bonds is 2. The third kappa shape index (κ3) is 3.18. The van der Waals surface area contributed by atoms with Crippen LogP contribution in [0.25, 0.3) is 0 Å². The van der Waals surface area contributed by atoms with Crippen molar-refractivity contribution in [2.75, 3.05) is 31.1 Å². The second kappa shape index (κ2) is 6.36. The molecule has 23 heavy (non-hydrogen) atoms. The number of carbonyl (C=O) groups excluding carboxylic acids is 1. The Morgan fingerprint density at radius 1 is 0.957 bits per heavy atom. The number of aryl methyl sites for hydroxylation is 1. The number of hydrogen-bond acceptors (Lipinski definition) is 2. The van der Waals surface area contributed by atoms with Gasteiger partial charge in [0.15, 0.2) is 11.6 Å². The Morgan fingerprint density at radius 3 is 2.30 bits per heavy atom. The third-order valence-corrected chi connectivity index (χ3v) is 4.19. The van der Waals surface area contributed by atoms with Crippen LogP contribution in [-0.4, -0.2) is 37.0 Å². The Kier molecular flexibility index (Phi) is 4.28. The van der Waals surface area contributed by atoms with Crippen LogP contribution in [0, 0.1) is 18.6 Å². The van der Waals surface area contributed by atoms with Crippen molar-refractivity contribution in [1.29, 1.82) is 0 Å². The number of halogens is 2. The summed E-state index contributed by atoms with van der Waals surface area (Å²) in [6, 6.07) is 11.4. The molecule has 0 bridgehead atoms. The lowest BCUT2D eigenvalue weighted by atomic mass is 10.1. The highest BCUT2D eigenvalue weighted by molar-refractivity contribution is 5.94. The maximum atomic E-state index is 13.3. The molecular formula is C18H18F2N2O. The number of hydrogen-bond donors (Lipinski definition) is 0. The Hall–Kier alpha value is -2.43. The minimum absolute atomic E-state index is 0.188. The van der Waals surface area contributed by atoms with E-state index in [0.717, 1.165) is 25.2 Å². The summed E-state index contributed by atoms with van der Waals surface area (Å²) in [5, 5.41) is 0. The van der Waals surface area contributed by atoms with Crippen molar-refractivity contribution in [1.82, 2.24) is 4.90 Å². The van der Waals surface area contributed by atoms with Gasteiger partial charge in [0.05, 0.1) is 0 Å². The molecule has 3 rings (SSSR count). The van der Waals surface area contributed by atoms with E-state index in [1.807, 2.05) is 12.1 Å². The Labute approximate surface area is 134 Å². The van der Waals surface area contributed by atoms with Gasteiger partial charge in [0, 0.05) is 37.4 Å². The molecule has 1 heterocycles. The normalized spacial score (nSPS) is 14.9. The van der Waals surface area contributed by atoms with Gasteiger partial charge < -0.3 is 9.80 Å². The summed E-state index contributed by atoms with van der Waals surface area (Å²) in [6.45, 7) is 4.63. The van der Waals surface area contributed by atoms with Crippen molar-refractivity contribution in [3.05, 3.63) is 65.2 Å². The zero-order valence-electron chi connectivity index (χ0n) is 12.9. The molecule has 3 nitrogen and oxygen atoms in total. The Balaban J connectivity index is 1.68. The van der Waals surface area contributed by atoms with Crippen molar-refractivity contribution in [3.63, 3.8) is 0 Å². The zero-order valence-corrected chi connectivity index (χ0v) is 12.9. The van der Waals surface area contributed by atoms with Crippen molar-refractivity contribution in [3.8, 4) is 0 Å². The molecular weight excluding hydrogens is 298 g/mol. The lowest BCUT2D eigenvalue weighted by Crippen LogP contribution is -2.49. The van der Waals surface area contributed by atoms with E-state index in [1.165, 1.54) is 17.3 Å². The number of nitrogens with zero attached hydrogens (tertiary/aromatic N) is 2. The third-order valence-electron chi connectivity index (χ3n) is 4.19. The van der Waals surface area contributed by atoms with Gasteiger partial charge >= 0.3 is 0 Å². The van der Waals surface area contributed by atoms with Gasteiger partial charge in [-0.3, -0.25) is 4.79 Å². The van der Waals surface area contributed by atoms with Gasteiger partial charge in [0.1, 0.15) is 0 Å². The minimum atomic E-state index is -0.991. The van der Waals surface area contributed by atoms with Gasteiger partial charge in [-0.1, -0.05) is 18.2 Å². The average molecular weight is 316 g/mol. The first-order valence-corrected chi connectivity index (χ1v) is 7.61. The molecule has 0 N–H and O–H groups in total. The van der Waals surface area contributed by atoms with Crippen LogP contribution < -0.4 is 4.90 Å². The molecule has 0 aliphatic carbocycles. The largest absolute Gasteiger partial charge is 0.368 e. The standard InChI is InChI=1S/C18H18F2N2O/c1-13-4-2-3-5-17(13)21-8-10-22(11-9-21)18(23)14-6-7-15(19)16(20)12-14/h2-7,12H,8-11H2,1H3. The van der Waals surface area contributed by atoms with Crippen molar-refractivity contribution in [2.45, 2.75) is 6.92 Å². The van der Waals surface area contributed by atoms with Gasteiger partial charge in [-0.25, -0.2) is 8.78 Å². The molecule has 0 radical (unpaired) electrons. The van der Waals surface area contributed by atoms with E-state index in [0.29, 0.717) is 13.1 Å². The summed E-state index contributed by atoms with van der Waals surface area (Å²) in [6.07, 6.45) is 0. The zero-order chi connectivity index (χ0) is 16.4. The van der Waals surface area contributed by atoms with Gasteiger partial charge in [0.2, 0.25) is 0 Å². The topological polar surface area (TPSA) is 23.6 Å². The molecule has 1 aliphatic heterocycles. The lowest BCUT2D eigenvalue weighted by molar-refractivity contribution is 0.0746. The second-order valence-electron chi connectivity index (χ2n) is 5.69. The van der Waals surface area contributed by atoms with Crippen molar-refractivity contribution < 1.29 is 13.6 Å². The van der Waals surface area contributed by atoms with Crippen LogP contribution in [0.2, 0.25) is 0 Å². The fourth-order valence-corrected chi connectivity index (χ4v) is 2.88. The number of amides is 1. The summed E-state index contributed by atoms with van der Waals surface area (Å²) in [5.74, 6) is -2.19. The molecule has 0 atom stereocenters. The predicted molar refractivity (Wildman–Crippen MR) is 85.7 cm³/mol. The molecule has 120 valence electrons. The van der Waals surface area contributed by atoms with Crippen LogP contribution in [-0.2, 0) is 0 Å². The van der Waals surface area contributed by atoms with Crippen LogP contribution in [0.3, 0.4) is 0 Å². The number of carbonyl (C=O) groups is 1. The fraction of sp³-hybridized carbons (Fsp3) is 0.278. The number of para-hydroxylation sites is 1. The van der Waals surface area contributed by atoms with Crippen LogP contribution in [0.5, 0.6) is 0 Å². The maximum absolute atomic E-state index is 13.3. The number of piperazine rings is 1. The van der Waals surface area contributed by atoms with Crippen LogP contribution in [0.4, 0.5) is 14.5 Å². The van der Waals surface area contributed by atoms with Gasteiger partial charge in [-0.05, 0) is 36.8 Å². The molecule has 1 amide bonds. The van der Waals surface area contributed by atoms with E-state index in [2.05, 4.69) is 24.0 Å². The van der Waals surface area contributed by atoms with Gasteiger partial charge in [-0.15, -0.1) is 0 Å². The first kappa shape index (κ1) is 15.5. The molecule has 0 spiro atoms. The van der Waals surface area contributed by atoms with E-state index in [9.17, 15) is 13.6 Å². The van der Waals surface area contributed by atoms with Crippen LogP contribution >= 0.6 is 0 Å². The van der Waals surface area contributed by atoms with E-state index in [-0.39, 0.29) is 11.5 Å². The fourth-order valence-electron chi connectivity index (χ4n) is 2.88. The summed E-state index contributed by atoms with van der Waals surface area (Å²) in [7, 11) is 0. The highest BCUT2D eigenvalue weighted by atomic mass is 19.2. The summed E-state index contributed by atoms with van der Waals surface area (Å²) in [4.78, 5) is 16.3. The monoisotopic (exact) mass is 316 g/mol. The molecule has 2 aromatic carbocycles. The molecule has 0 unspecified atom stereocenters. The summed E-state index contributed by atoms with van der Waals surface area (Å²) >= 11 is 0. The molecule has 1 saturated heterocycles. The first-order valence-electron chi connectivity index (χ1n) is 7.61. The molecule has 1 fully saturated rings. The highest BCUT2D eigenvalue weighted by Gasteiger charge is 2.23. The van der Waals surface area contributed by atoms with Crippen molar-refractivity contribution >= 4 is 11.6 Å². The number of anilines is 1. The van der Waals surface area contributed by atoms with E-state index < -0.39 is 11.6 Å². The predicted octanol–water partition coefficient (Wildman–Crippen LogP) is 3.24. The van der Waals surface area contributed by atoms with Crippen LogP contribution in [0.1, 0.15) is 15.9 Å². The molecule has 2 aromatic rings. The van der Waals surface area contributed by atoms with E-state index in [1.54, 1.807) is 4.90 Å². The molecule has 1 aliphatic rings. The van der Waals surface area contributed by atoms with Gasteiger partial charge in [-0.2, -0.15) is 0 Å². The quantitative estimate of drug-likeness (QED) is 0.849. The molecule has 5 heteroatoms. The Bertz CT molecular complexity index is 725. The maximum Gasteiger partial charge on any atom is 0.254 e.